The summed E-state index contributed by atoms with van der Waals surface area (Å²) in [7, 11) is 0. The minimum atomic E-state index is 0.287. The molecule has 1 aromatic heterocycles. The Kier molecular flexibility index (Phi) is 2.99. The lowest BCUT2D eigenvalue weighted by Crippen LogP contribution is -2.12. The smallest absolute Gasteiger partial charge is 0.124 e. The Morgan fingerprint density at radius 1 is 1.13 bits per heavy atom. The summed E-state index contributed by atoms with van der Waals surface area (Å²) in [6.45, 7) is 1.42. The van der Waals surface area contributed by atoms with Crippen molar-refractivity contribution in [1.29, 1.82) is 0 Å². The first-order chi connectivity index (χ1) is 7.34. The van der Waals surface area contributed by atoms with Crippen LogP contribution in [-0.4, -0.2) is 10.3 Å². The fourth-order valence-electron chi connectivity index (χ4n) is 1.28. The number of hydrogen-bond donors (Lipinski definition) is 2. The van der Waals surface area contributed by atoms with Crippen LogP contribution in [0.4, 0.5) is 0 Å². The van der Waals surface area contributed by atoms with Crippen LogP contribution in [-0.2, 0) is 13.1 Å². The number of hydrogen-bond acceptors (Lipinski definition) is 4. The molecule has 78 valence electrons. The summed E-state index contributed by atoms with van der Waals surface area (Å²) in [5.41, 5.74) is 2.00. The zero-order chi connectivity index (χ0) is 10.5. The minimum Gasteiger partial charge on any atom is -0.508 e. The van der Waals surface area contributed by atoms with Crippen LogP contribution in [0.3, 0.4) is 0 Å². The van der Waals surface area contributed by atoms with Crippen molar-refractivity contribution in [3.8, 4) is 5.75 Å². The van der Waals surface area contributed by atoms with E-state index in [2.05, 4.69) is 10.5 Å². The van der Waals surface area contributed by atoms with Gasteiger partial charge in [-0.3, -0.25) is 0 Å². The van der Waals surface area contributed by atoms with Gasteiger partial charge >= 0.3 is 0 Å². The van der Waals surface area contributed by atoms with Crippen LogP contribution in [0.25, 0.3) is 0 Å². The highest BCUT2D eigenvalue weighted by atomic mass is 16.5. The second kappa shape index (κ2) is 4.61. The summed E-state index contributed by atoms with van der Waals surface area (Å²) < 4.78 is 4.71. The number of phenolic OH excluding ortho intramolecular Hbond substituents is 1. The molecular formula is C11H12N2O2. The SMILES string of the molecule is Oc1ccc(CNCc2ccon2)cc1. The van der Waals surface area contributed by atoms with E-state index >= 15 is 0 Å². The van der Waals surface area contributed by atoms with Crippen molar-refractivity contribution >= 4 is 0 Å². The summed E-state index contributed by atoms with van der Waals surface area (Å²) in [6, 6.07) is 8.93. The number of nitrogens with zero attached hydrogens (tertiary/aromatic N) is 1. The summed E-state index contributed by atoms with van der Waals surface area (Å²) in [4.78, 5) is 0. The van der Waals surface area contributed by atoms with Crippen LogP contribution in [0.5, 0.6) is 5.75 Å². The maximum absolute atomic E-state index is 9.09. The lowest BCUT2D eigenvalue weighted by Gasteiger charge is -2.02. The second-order valence-corrected chi connectivity index (χ2v) is 3.26. The van der Waals surface area contributed by atoms with Gasteiger partial charge in [0.15, 0.2) is 0 Å². The molecule has 0 spiro atoms. The summed E-state index contributed by atoms with van der Waals surface area (Å²) in [5, 5.41) is 16.1. The van der Waals surface area contributed by atoms with Crippen molar-refractivity contribution < 1.29 is 9.63 Å². The van der Waals surface area contributed by atoms with Crippen molar-refractivity contribution in [3.63, 3.8) is 0 Å². The highest BCUT2D eigenvalue weighted by Gasteiger charge is 1.96. The van der Waals surface area contributed by atoms with Gasteiger partial charge in [0.05, 0.1) is 5.69 Å². The number of benzene rings is 1. The first-order valence-corrected chi connectivity index (χ1v) is 4.72. The highest BCUT2D eigenvalue weighted by Crippen LogP contribution is 2.09. The fraction of sp³-hybridized carbons (Fsp3) is 0.182. The second-order valence-electron chi connectivity index (χ2n) is 3.26. The third-order valence-corrected chi connectivity index (χ3v) is 2.06. The molecule has 0 aliphatic carbocycles. The van der Waals surface area contributed by atoms with E-state index in [1.165, 1.54) is 0 Å². The van der Waals surface area contributed by atoms with Crippen molar-refractivity contribution in [3.05, 3.63) is 47.9 Å². The quantitative estimate of drug-likeness (QED) is 0.795. The van der Waals surface area contributed by atoms with E-state index in [9.17, 15) is 0 Å². The number of aromatic hydroxyl groups is 1. The van der Waals surface area contributed by atoms with E-state index < -0.39 is 0 Å². The maximum Gasteiger partial charge on any atom is 0.124 e. The van der Waals surface area contributed by atoms with Gasteiger partial charge in [0.25, 0.3) is 0 Å². The Hall–Kier alpha value is -1.81. The van der Waals surface area contributed by atoms with Gasteiger partial charge in [-0.05, 0) is 17.7 Å². The Morgan fingerprint density at radius 3 is 2.60 bits per heavy atom. The molecule has 4 heteroatoms. The topological polar surface area (TPSA) is 58.3 Å². The molecule has 2 N–H and O–H groups in total. The molecule has 0 unspecified atom stereocenters. The predicted octanol–water partition coefficient (Wildman–Crippen LogP) is 1.67. The molecule has 0 bridgehead atoms. The summed E-state index contributed by atoms with van der Waals surface area (Å²) in [5.74, 6) is 0.287. The molecule has 4 nitrogen and oxygen atoms in total. The molecule has 0 saturated heterocycles. The maximum atomic E-state index is 9.09. The van der Waals surface area contributed by atoms with Gasteiger partial charge in [-0.15, -0.1) is 0 Å². The third kappa shape index (κ3) is 2.82. The molecule has 1 aromatic carbocycles. The Morgan fingerprint density at radius 2 is 1.93 bits per heavy atom. The Labute approximate surface area is 87.5 Å². The first-order valence-electron chi connectivity index (χ1n) is 4.72. The van der Waals surface area contributed by atoms with Gasteiger partial charge in [-0.25, -0.2) is 0 Å². The molecule has 0 radical (unpaired) electrons. The van der Waals surface area contributed by atoms with Crippen LogP contribution in [0.15, 0.2) is 41.1 Å². The molecule has 15 heavy (non-hydrogen) atoms. The fourth-order valence-corrected chi connectivity index (χ4v) is 1.28. The van der Waals surface area contributed by atoms with Gasteiger partial charge in [0.2, 0.25) is 0 Å². The molecule has 0 aliphatic heterocycles. The average molecular weight is 204 g/mol. The zero-order valence-corrected chi connectivity index (χ0v) is 8.18. The van der Waals surface area contributed by atoms with Crippen LogP contribution >= 0.6 is 0 Å². The van der Waals surface area contributed by atoms with Gasteiger partial charge in [0.1, 0.15) is 12.0 Å². The summed E-state index contributed by atoms with van der Waals surface area (Å²) in [6.07, 6.45) is 1.55. The number of phenols is 1. The number of nitrogens with one attached hydrogen (secondary N) is 1. The van der Waals surface area contributed by atoms with E-state index in [1.807, 2.05) is 18.2 Å². The molecular weight excluding hydrogens is 192 g/mol. The predicted molar refractivity (Wildman–Crippen MR) is 55.2 cm³/mol. The number of rotatable bonds is 4. The van der Waals surface area contributed by atoms with E-state index in [1.54, 1.807) is 18.4 Å². The standard InChI is InChI=1S/C11H12N2O2/c14-11-3-1-9(2-4-11)7-12-8-10-5-6-15-13-10/h1-6,12,14H,7-8H2. The molecule has 0 amide bonds. The van der Waals surface area contributed by atoms with Gasteiger partial charge in [-0.2, -0.15) is 0 Å². The zero-order valence-electron chi connectivity index (χ0n) is 8.18. The van der Waals surface area contributed by atoms with Crippen molar-refractivity contribution in [2.24, 2.45) is 0 Å². The molecule has 2 rings (SSSR count). The minimum absolute atomic E-state index is 0.287. The third-order valence-electron chi connectivity index (χ3n) is 2.06. The van der Waals surface area contributed by atoms with Crippen LogP contribution in [0.2, 0.25) is 0 Å². The van der Waals surface area contributed by atoms with Gasteiger partial charge in [0, 0.05) is 19.2 Å². The molecule has 0 aliphatic rings. The molecule has 0 saturated carbocycles. The molecule has 0 atom stereocenters. The molecule has 1 heterocycles. The largest absolute Gasteiger partial charge is 0.508 e. The van der Waals surface area contributed by atoms with Gasteiger partial charge in [-0.1, -0.05) is 17.3 Å². The van der Waals surface area contributed by atoms with E-state index in [4.69, 9.17) is 9.63 Å². The molecule has 0 fully saturated rings. The number of aromatic nitrogens is 1. The highest BCUT2D eigenvalue weighted by molar-refractivity contribution is 5.25. The van der Waals surface area contributed by atoms with E-state index in [0.717, 1.165) is 17.8 Å². The Balaban J connectivity index is 1.81. The normalized spacial score (nSPS) is 10.4. The van der Waals surface area contributed by atoms with Crippen LogP contribution in [0.1, 0.15) is 11.3 Å². The van der Waals surface area contributed by atoms with E-state index in [0.29, 0.717) is 6.54 Å². The van der Waals surface area contributed by atoms with Crippen LogP contribution < -0.4 is 5.32 Å². The van der Waals surface area contributed by atoms with Crippen LogP contribution in [0, 0.1) is 0 Å². The van der Waals surface area contributed by atoms with Crippen molar-refractivity contribution in [2.45, 2.75) is 13.1 Å². The van der Waals surface area contributed by atoms with Gasteiger partial charge < -0.3 is 14.9 Å². The lowest BCUT2D eigenvalue weighted by atomic mass is 10.2. The average Bonchev–Trinajstić information content (AvgIpc) is 2.74. The lowest BCUT2D eigenvalue weighted by molar-refractivity contribution is 0.408. The monoisotopic (exact) mass is 204 g/mol. The van der Waals surface area contributed by atoms with Crippen molar-refractivity contribution in [2.75, 3.05) is 0 Å². The van der Waals surface area contributed by atoms with Crippen molar-refractivity contribution in [1.82, 2.24) is 10.5 Å². The first kappa shape index (κ1) is 9.73. The summed E-state index contributed by atoms with van der Waals surface area (Å²) >= 11 is 0. The Bertz CT molecular complexity index is 395. The molecule has 2 aromatic rings. The van der Waals surface area contributed by atoms with E-state index in [-0.39, 0.29) is 5.75 Å².